The molecule has 0 radical (unpaired) electrons. The molecule has 2 saturated carbocycles. The van der Waals surface area contributed by atoms with Crippen LogP contribution >= 0.6 is 0 Å². The largest absolute Gasteiger partial charge is 0.393 e. The van der Waals surface area contributed by atoms with E-state index in [0.29, 0.717) is 30.2 Å². The number of aliphatic hydroxyl groups is 1. The lowest BCUT2D eigenvalue weighted by atomic mass is 9.60. The Labute approximate surface area is 233 Å². The van der Waals surface area contributed by atoms with Gasteiger partial charge in [-0.25, -0.2) is 4.68 Å². The quantitative estimate of drug-likeness (QED) is 0.498. The van der Waals surface area contributed by atoms with Crippen molar-refractivity contribution in [2.75, 3.05) is 13.2 Å². The molecular weight excluding hydrogens is 500 g/mol. The van der Waals surface area contributed by atoms with Gasteiger partial charge in [0.2, 0.25) is 5.91 Å². The SMILES string of the molecule is C=O.C=O.CC(=O)C(n1cc(C2CC2)nn1)C(C)(C)C.CCC(O)CC(C)C(=O)NC1CCC12CCOCC2. The molecule has 3 fully saturated rings. The molecule has 1 aliphatic heterocycles. The summed E-state index contributed by atoms with van der Waals surface area (Å²) < 4.78 is 7.15. The van der Waals surface area contributed by atoms with Gasteiger partial charge in [0.15, 0.2) is 5.78 Å². The zero-order valence-corrected chi connectivity index (χ0v) is 24.8. The number of hydrogen-bond acceptors (Lipinski definition) is 8. The Balaban J connectivity index is 0.000000350. The van der Waals surface area contributed by atoms with Gasteiger partial charge in [-0.3, -0.25) is 9.59 Å². The van der Waals surface area contributed by atoms with E-state index in [1.807, 2.05) is 33.6 Å². The van der Waals surface area contributed by atoms with Crippen molar-refractivity contribution in [3.8, 4) is 0 Å². The maximum atomic E-state index is 12.2. The van der Waals surface area contributed by atoms with Crippen LogP contribution in [0.3, 0.4) is 0 Å². The van der Waals surface area contributed by atoms with Crippen molar-refractivity contribution in [1.82, 2.24) is 20.3 Å². The number of aromatic nitrogens is 3. The van der Waals surface area contributed by atoms with Gasteiger partial charge in [-0.2, -0.15) is 0 Å². The van der Waals surface area contributed by atoms with Crippen molar-refractivity contribution < 1.29 is 29.0 Å². The van der Waals surface area contributed by atoms with Crippen LogP contribution in [-0.2, 0) is 23.9 Å². The summed E-state index contributed by atoms with van der Waals surface area (Å²) in [5.41, 5.74) is 1.22. The Morgan fingerprint density at radius 2 is 1.74 bits per heavy atom. The van der Waals surface area contributed by atoms with E-state index in [-0.39, 0.29) is 35.2 Å². The van der Waals surface area contributed by atoms with Crippen molar-refractivity contribution in [2.45, 2.75) is 117 Å². The van der Waals surface area contributed by atoms with Crippen LogP contribution in [0.1, 0.15) is 111 Å². The lowest BCUT2D eigenvalue weighted by molar-refractivity contribution is -0.131. The minimum atomic E-state index is -0.362. The first-order valence-corrected chi connectivity index (χ1v) is 14.0. The number of ketones is 1. The smallest absolute Gasteiger partial charge is 0.223 e. The number of amides is 1. The minimum absolute atomic E-state index is 0.100. The average Bonchev–Trinajstić information content (AvgIpc) is 3.66. The van der Waals surface area contributed by atoms with Gasteiger partial charge in [0.05, 0.1) is 11.8 Å². The highest BCUT2D eigenvalue weighted by atomic mass is 16.5. The van der Waals surface area contributed by atoms with Crippen molar-refractivity contribution in [2.24, 2.45) is 16.7 Å². The summed E-state index contributed by atoms with van der Waals surface area (Å²) in [4.78, 5) is 39.9. The molecule has 0 bridgehead atoms. The number of carbonyl (C=O) groups excluding carboxylic acids is 4. The van der Waals surface area contributed by atoms with Crippen molar-refractivity contribution in [3.63, 3.8) is 0 Å². The molecule has 10 heteroatoms. The lowest BCUT2D eigenvalue weighted by Crippen LogP contribution is -2.58. The predicted molar refractivity (Wildman–Crippen MR) is 149 cm³/mol. The molecule has 4 atom stereocenters. The second kappa shape index (κ2) is 16.0. The topological polar surface area (TPSA) is 140 Å². The zero-order valence-electron chi connectivity index (χ0n) is 24.8. The molecule has 1 aromatic rings. The number of ether oxygens (including phenoxy) is 1. The number of carbonyl (C=O) groups is 4. The van der Waals surface area contributed by atoms with Crippen LogP contribution in [0.15, 0.2) is 6.20 Å². The number of nitrogens with one attached hydrogen (secondary N) is 1. The lowest BCUT2D eigenvalue weighted by Gasteiger charge is -2.52. The third kappa shape index (κ3) is 9.90. The molecule has 3 aliphatic rings. The zero-order chi connectivity index (χ0) is 29.8. The van der Waals surface area contributed by atoms with E-state index in [4.69, 9.17) is 14.3 Å². The van der Waals surface area contributed by atoms with E-state index < -0.39 is 0 Å². The average molecular weight is 551 g/mol. The molecule has 2 aliphatic carbocycles. The Morgan fingerprint density at radius 3 is 2.18 bits per heavy atom. The van der Waals surface area contributed by atoms with Gasteiger partial charge in [-0.15, -0.1) is 5.10 Å². The van der Waals surface area contributed by atoms with Gasteiger partial charge >= 0.3 is 0 Å². The first-order chi connectivity index (χ1) is 18.5. The van der Waals surface area contributed by atoms with Crippen LogP contribution in [0, 0.1) is 16.7 Å². The molecule has 4 rings (SSSR count). The summed E-state index contributed by atoms with van der Waals surface area (Å²) >= 11 is 0. The second-order valence-corrected chi connectivity index (χ2v) is 12.1. The molecule has 0 aromatic carbocycles. The van der Waals surface area contributed by atoms with Crippen molar-refractivity contribution in [1.29, 1.82) is 0 Å². The van der Waals surface area contributed by atoms with E-state index in [9.17, 15) is 14.7 Å². The Kier molecular flexibility index (Phi) is 14.1. The Bertz CT molecular complexity index is 887. The molecule has 4 unspecified atom stereocenters. The van der Waals surface area contributed by atoms with E-state index in [0.717, 1.165) is 38.2 Å². The molecule has 39 heavy (non-hydrogen) atoms. The van der Waals surface area contributed by atoms with E-state index >= 15 is 0 Å². The third-order valence-corrected chi connectivity index (χ3v) is 8.01. The third-order valence-electron chi connectivity index (χ3n) is 8.01. The van der Waals surface area contributed by atoms with Gasteiger partial charge in [-0.1, -0.05) is 39.8 Å². The number of rotatable bonds is 8. The molecule has 10 nitrogen and oxygen atoms in total. The Hall–Kier alpha value is -2.46. The first-order valence-electron chi connectivity index (χ1n) is 14.0. The molecule has 2 heterocycles. The molecule has 1 aromatic heterocycles. The van der Waals surface area contributed by atoms with E-state index in [2.05, 4.69) is 36.4 Å². The Morgan fingerprint density at radius 1 is 1.15 bits per heavy atom. The van der Waals surface area contributed by atoms with Gasteiger partial charge in [0.25, 0.3) is 0 Å². The van der Waals surface area contributed by atoms with Gasteiger partial charge in [0, 0.05) is 37.3 Å². The molecule has 1 spiro atoms. The fraction of sp³-hybridized carbons (Fsp3) is 0.793. The van der Waals surface area contributed by atoms with Crippen LogP contribution < -0.4 is 5.32 Å². The van der Waals surface area contributed by atoms with E-state index in [1.165, 1.54) is 19.3 Å². The summed E-state index contributed by atoms with van der Waals surface area (Å²) in [5, 5.41) is 21.1. The minimum Gasteiger partial charge on any atom is -0.393 e. The molecule has 1 amide bonds. The number of aliphatic hydroxyl groups excluding tert-OH is 1. The number of Topliss-reactive ketones (excluding diaryl/α,β-unsaturated/α-hetero) is 1. The summed E-state index contributed by atoms with van der Waals surface area (Å²) in [5.74, 6) is 0.719. The number of nitrogens with zero attached hydrogens (tertiary/aromatic N) is 3. The summed E-state index contributed by atoms with van der Waals surface area (Å²) in [6.07, 6.45) is 9.72. The fourth-order valence-corrected chi connectivity index (χ4v) is 5.47. The van der Waals surface area contributed by atoms with Crippen LogP contribution in [0.4, 0.5) is 0 Å². The molecule has 2 N–H and O–H groups in total. The van der Waals surface area contributed by atoms with Crippen molar-refractivity contribution in [3.05, 3.63) is 11.9 Å². The standard InChI is InChI=1S/C15H27NO3.C12H19N3O.2CH2O/c1-3-12(17)10-11(2)14(18)16-13-4-5-15(13)6-8-19-9-7-15;1-8(16)11(12(2,3)4)15-7-10(13-14-15)9-5-6-9;2*1-2/h11-13,17H,3-10H2,1-2H3,(H,16,18);7,9,11H,5-6H2,1-4H3;2*1H2. The van der Waals surface area contributed by atoms with Crippen LogP contribution in [0.5, 0.6) is 0 Å². The first kappa shape index (κ1) is 34.6. The second-order valence-electron chi connectivity index (χ2n) is 12.1. The normalized spacial score (nSPS) is 21.7. The summed E-state index contributed by atoms with van der Waals surface area (Å²) in [6.45, 7) is 17.3. The number of hydrogen-bond donors (Lipinski definition) is 2. The van der Waals surface area contributed by atoms with Crippen LogP contribution in [0.25, 0.3) is 0 Å². The highest BCUT2D eigenvalue weighted by Crippen LogP contribution is 2.48. The maximum Gasteiger partial charge on any atom is 0.223 e. The molecule has 222 valence electrons. The predicted octanol–water partition coefficient (Wildman–Crippen LogP) is 3.82. The molecule has 1 saturated heterocycles. The van der Waals surface area contributed by atoms with Gasteiger partial charge in [-0.05, 0) is 69.1 Å². The fourth-order valence-electron chi connectivity index (χ4n) is 5.47. The van der Waals surface area contributed by atoms with Crippen LogP contribution in [-0.4, -0.2) is 70.7 Å². The highest BCUT2D eigenvalue weighted by molar-refractivity contribution is 5.80. The van der Waals surface area contributed by atoms with Gasteiger partial charge in [0.1, 0.15) is 19.6 Å². The maximum absolute atomic E-state index is 12.2. The van der Waals surface area contributed by atoms with E-state index in [1.54, 1.807) is 11.6 Å². The summed E-state index contributed by atoms with van der Waals surface area (Å²) in [7, 11) is 0. The highest BCUT2D eigenvalue weighted by Gasteiger charge is 2.48. The van der Waals surface area contributed by atoms with Crippen LogP contribution in [0.2, 0.25) is 0 Å². The molecular formula is C29H50N4O6. The van der Waals surface area contributed by atoms with Gasteiger partial charge < -0.3 is 24.7 Å². The summed E-state index contributed by atoms with van der Waals surface area (Å²) in [6, 6.07) is 0.109. The monoisotopic (exact) mass is 550 g/mol. The van der Waals surface area contributed by atoms with Crippen molar-refractivity contribution >= 4 is 25.3 Å².